The van der Waals surface area contributed by atoms with Crippen molar-refractivity contribution in [2.45, 2.75) is 59.0 Å². The molecule has 2 unspecified atom stereocenters. The zero-order valence-electron chi connectivity index (χ0n) is 11.1. The van der Waals surface area contributed by atoms with Crippen molar-refractivity contribution in [1.29, 1.82) is 0 Å². The van der Waals surface area contributed by atoms with Crippen LogP contribution in [0.3, 0.4) is 0 Å². The summed E-state index contributed by atoms with van der Waals surface area (Å²) in [5, 5.41) is 3.62. The average molecular weight is 212 g/mol. The Labute approximate surface area is 95.4 Å². The average Bonchev–Trinajstić information content (AvgIpc) is 2.51. The second kappa shape index (κ2) is 5.31. The predicted molar refractivity (Wildman–Crippen MR) is 67.2 cm³/mol. The molecular weight excluding hydrogens is 184 g/mol. The van der Waals surface area contributed by atoms with Crippen LogP contribution in [0.2, 0.25) is 0 Å². The van der Waals surface area contributed by atoms with Gasteiger partial charge in [-0.1, -0.05) is 13.8 Å². The first-order valence-corrected chi connectivity index (χ1v) is 6.41. The molecule has 0 radical (unpaired) electrons. The molecule has 2 nitrogen and oxygen atoms in total. The van der Waals surface area contributed by atoms with Gasteiger partial charge in [-0.2, -0.15) is 0 Å². The minimum Gasteiger partial charge on any atom is -0.311 e. The Kier molecular flexibility index (Phi) is 4.60. The quantitative estimate of drug-likeness (QED) is 0.770. The standard InChI is InChI=1S/C13H28N2/c1-6-12(9-14-13(3,4)5)15-8-7-11(2)10-15/h11-12,14H,6-10H2,1-5H3. The largest absolute Gasteiger partial charge is 0.311 e. The summed E-state index contributed by atoms with van der Waals surface area (Å²) < 4.78 is 0. The van der Waals surface area contributed by atoms with E-state index in [2.05, 4.69) is 44.8 Å². The zero-order valence-corrected chi connectivity index (χ0v) is 11.1. The Bertz CT molecular complexity index is 183. The maximum absolute atomic E-state index is 3.62. The molecule has 1 rings (SSSR count). The fraction of sp³-hybridized carbons (Fsp3) is 1.00. The van der Waals surface area contributed by atoms with Crippen LogP contribution >= 0.6 is 0 Å². The highest BCUT2D eigenvalue weighted by Gasteiger charge is 2.25. The number of hydrogen-bond donors (Lipinski definition) is 1. The minimum absolute atomic E-state index is 0.249. The van der Waals surface area contributed by atoms with Crippen molar-refractivity contribution < 1.29 is 0 Å². The van der Waals surface area contributed by atoms with Crippen molar-refractivity contribution in [3.05, 3.63) is 0 Å². The van der Waals surface area contributed by atoms with Crippen LogP contribution in [0.4, 0.5) is 0 Å². The molecule has 90 valence electrons. The molecule has 0 aromatic rings. The first-order chi connectivity index (χ1) is 6.92. The molecule has 0 aromatic carbocycles. The normalized spacial score (nSPS) is 25.8. The number of rotatable bonds is 4. The predicted octanol–water partition coefficient (Wildman–Crippen LogP) is 2.49. The number of hydrogen-bond acceptors (Lipinski definition) is 2. The summed E-state index contributed by atoms with van der Waals surface area (Å²) in [4.78, 5) is 2.66. The van der Waals surface area contributed by atoms with Gasteiger partial charge in [0, 0.05) is 24.7 Å². The molecular formula is C13H28N2. The molecule has 15 heavy (non-hydrogen) atoms. The Balaban J connectivity index is 2.36. The van der Waals surface area contributed by atoms with Crippen LogP contribution in [-0.4, -0.2) is 36.1 Å². The van der Waals surface area contributed by atoms with Crippen molar-refractivity contribution >= 4 is 0 Å². The molecule has 0 amide bonds. The number of nitrogens with one attached hydrogen (secondary N) is 1. The lowest BCUT2D eigenvalue weighted by molar-refractivity contribution is 0.210. The van der Waals surface area contributed by atoms with Crippen LogP contribution in [0.5, 0.6) is 0 Å². The summed E-state index contributed by atoms with van der Waals surface area (Å²) >= 11 is 0. The maximum Gasteiger partial charge on any atom is 0.0218 e. The molecule has 2 heteroatoms. The first kappa shape index (κ1) is 13.0. The van der Waals surface area contributed by atoms with Gasteiger partial charge < -0.3 is 5.32 Å². The van der Waals surface area contributed by atoms with Crippen molar-refractivity contribution in [3.8, 4) is 0 Å². The van der Waals surface area contributed by atoms with Gasteiger partial charge in [0.15, 0.2) is 0 Å². The van der Waals surface area contributed by atoms with Crippen molar-refractivity contribution in [3.63, 3.8) is 0 Å². The molecule has 0 aliphatic carbocycles. The van der Waals surface area contributed by atoms with Gasteiger partial charge in [-0.3, -0.25) is 4.90 Å². The summed E-state index contributed by atoms with van der Waals surface area (Å²) in [7, 11) is 0. The lowest BCUT2D eigenvalue weighted by Crippen LogP contribution is -2.46. The lowest BCUT2D eigenvalue weighted by Gasteiger charge is -2.30. The van der Waals surface area contributed by atoms with Crippen LogP contribution in [-0.2, 0) is 0 Å². The van der Waals surface area contributed by atoms with Gasteiger partial charge in [0.2, 0.25) is 0 Å². The van der Waals surface area contributed by atoms with Crippen LogP contribution in [0, 0.1) is 5.92 Å². The minimum atomic E-state index is 0.249. The van der Waals surface area contributed by atoms with Gasteiger partial charge in [-0.15, -0.1) is 0 Å². The Hall–Kier alpha value is -0.0800. The van der Waals surface area contributed by atoms with Gasteiger partial charge >= 0.3 is 0 Å². The maximum atomic E-state index is 3.62. The van der Waals surface area contributed by atoms with Gasteiger partial charge in [0.05, 0.1) is 0 Å². The second-order valence-corrected chi connectivity index (χ2v) is 6.08. The van der Waals surface area contributed by atoms with E-state index < -0.39 is 0 Å². The van der Waals surface area contributed by atoms with E-state index in [1.165, 1.54) is 25.9 Å². The fourth-order valence-electron chi connectivity index (χ4n) is 2.26. The third-order valence-electron chi connectivity index (χ3n) is 3.31. The van der Waals surface area contributed by atoms with Crippen molar-refractivity contribution in [2.75, 3.05) is 19.6 Å². The molecule has 1 saturated heterocycles. The molecule has 1 N–H and O–H groups in total. The molecule has 1 aliphatic heterocycles. The number of likely N-dealkylation sites (tertiary alicyclic amines) is 1. The summed E-state index contributed by atoms with van der Waals surface area (Å²) in [5.74, 6) is 0.897. The summed E-state index contributed by atoms with van der Waals surface area (Å²) in [6, 6.07) is 0.731. The zero-order chi connectivity index (χ0) is 11.5. The summed E-state index contributed by atoms with van der Waals surface area (Å²) in [6.45, 7) is 15.1. The molecule has 0 spiro atoms. The van der Waals surface area contributed by atoms with E-state index in [1.54, 1.807) is 0 Å². The van der Waals surface area contributed by atoms with Gasteiger partial charge in [0.25, 0.3) is 0 Å². The van der Waals surface area contributed by atoms with Crippen molar-refractivity contribution in [1.82, 2.24) is 10.2 Å². The van der Waals surface area contributed by atoms with E-state index in [-0.39, 0.29) is 5.54 Å². The van der Waals surface area contributed by atoms with Crippen LogP contribution in [0.1, 0.15) is 47.5 Å². The fourth-order valence-corrected chi connectivity index (χ4v) is 2.26. The molecule has 1 aliphatic rings. The first-order valence-electron chi connectivity index (χ1n) is 6.41. The van der Waals surface area contributed by atoms with Gasteiger partial charge in [-0.05, 0) is 46.1 Å². The van der Waals surface area contributed by atoms with E-state index in [1.807, 2.05) is 0 Å². The van der Waals surface area contributed by atoms with Crippen LogP contribution in [0.15, 0.2) is 0 Å². The molecule has 1 fully saturated rings. The molecule has 0 bridgehead atoms. The van der Waals surface area contributed by atoms with E-state index in [9.17, 15) is 0 Å². The monoisotopic (exact) mass is 212 g/mol. The topological polar surface area (TPSA) is 15.3 Å². The molecule has 0 aromatic heterocycles. The van der Waals surface area contributed by atoms with Gasteiger partial charge in [0.1, 0.15) is 0 Å². The Morgan fingerprint density at radius 2 is 2.07 bits per heavy atom. The van der Waals surface area contributed by atoms with E-state index in [0.29, 0.717) is 0 Å². The highest BCUT2D eigenvalue weighted by Crippen LogP contribution is 2.19. The highest BCUT2D eigenvalue weighted by atomic mass is 15.2. The third-order valence-corrected chi connectivity index (χ3v) is 3.31. The SMILES string of the molecule is CCC(CNC(C)(C)C)N1CCC(C)C1. The molecule has 2 atom stereocenters. The second-order valence-electron chi connectivity index (χ2n) is 6.08. The van der Waals surface area contributed by atoms with Crippen LogP contribution in [0.25, 0.3) is 0 Å². The van der Waals surface area contributed by atoms with E-state index in [0.717, 1.165) is 18.5 Å². The van der Waals surface area contributed by atoms with E-state index in [4.69, 9.17) is 0 Å². The smallest absolute Gasteiger partial charge is 0.0218 e. The summed E-state index contributed by atoms with van der Waals surface area (Å²) in [6.07, 6.45) is 2.64. The van der Waals surface area contributed by atoms with E-state index >= 15 is 0 Å². The molecule has 0 saturated carbocycles. The van der Waals surface area contributed by atoms with Crippen molar-refractivity contribution in [2.24, 2.45) is 5.92 Å². The highest BCUT2D eigenvalue weighted by molar-refractivity contribution is 4.82. The Morgan fingerprint density at radius 1 is 1.40 bits per heavy atom. The Morgan fingerprint density at radius 3 is 2.47 bits per heavy atom. The lowest BCUT2D eigenvalue weighted by atomic mass is 10.1. The molecule has 1 heterocycles. The van der Waals surface area contributed by atoms with Gasteiger partial charge in [-0.25, -0.2) is 0 Å². The third kappa shape index (κ3) is 4.52. The van der Waals surface area contributed by atoms with Crippen LogP contribution < -0.4 is 5.32 Å². The number of nitrogens with zero attached hydrogens (tertiary/aromatic N) is 1. The summed E-state index contributed by atoms with van der Waals surface area (Å²) in [5.41, 5.74) is 0.249.